The average Bonchev–Trinajstić information content (AvgIpc) is 2.53. The van der Waals surface area contributed by atoms with E-state index in [4.69, 9.17) is 10.00 Å². The minimum atomic E-state index is -0.198. The van der Waals surface area contributed by atoms with Gasteiger partial charge in [0.15, 0.2) is 0 Å². The predicted molar refractivity (Wildman–Crippen MR) is 81.8 cm³/mol. The minimum absolute atomic E-state index is 0.0564. The molecule has 21 heavy (non-hydrogen) atoms. The highest BCUT2D eigenvalue weighted by Gasteiger charge is 2.22. The van der Waals surface area contributed by atoms with Gasteiger partial charge in [-0.2, -0.15) is 5.26 Å². The van der Waals surface area contributed by atoms with Crippen molar-refractivity contribution < 1.29 is 9.53 Å². The maximum absolute atomic E-state index is 11.9. The molecule has 1 fully saturated rings. The summed E-state index contributed by atoms with van der Waals surface area (Å²) < 4.78 is 5.73. The van der Waals surface area contributed by atoms with E-state index in [1.54, 1.807) is 24.3 Å². The molecule has 1 saturated carbocycles. The zero-order chi connectivity index (χ0) is 15.1. The maximum Gasteiger partial charge on any atom is 0.250 e. The van der Waals surface area contributed by atoms with Crippen molar-refractivity contribution in [3.8, 4) is 6.07 Å². The Balaban J connectivity index is 1.81. The highest BCUT2D eigenvalue weighted by atomic mass is 16.5. The van der Waals surface area contributed by atoms with Crippen LogP contribution in [0.15, 0.2) is 24.3 Å². The number of ether oxygens (including phenoxy) is 1. The Morgan fingerprint density at radius 1 is 1.43 bits per heavy atom. The molecule has 0 aliphatic heterocycles. The third-order valence-electron chi connectivity index (χ3n) is 4.08. The van der Waals surface area contributed by atoms with Gasteiger partial charge in [-0.25, -0.2) is 0 Å². The van der Waals surface area contributed by atoms with Gasteiger partial charge in [-0.05, 0) is 30.9 Å². The third kappa shape index (κ3) is 4.57. The number of rotatable bonds is 5. The van der Waals surface area contributed by atoms with Crippen LogP contribution in [0.4, 0.5) is 5.69 Å². The van der Waals surface area contributed by atoms with Crippen LogP contribution in [0.1, 0.15) is 44.6 Å². The fourth-order valence-electron chi connectivity index (χ4n) is 2.83. The average molecular weight is 286 g/mol. The highest BCUT2D eigenvalue weighted by molar-refractivity contribution is 5.92. The monoisotopic (exact) mass is 286 g/mol. The summed E-state index contributed by atoms with van der Waals surface area (Å²) in [4.78, 5) is 11.9. The van der Waals surface area contributed by atoms with E-state index >= 15 is 0 Å². The maximum atomic E-state index is 11.9. The lowest BCUT2D eigenvalue weighted by molar-refractivity contribution is -0.123. The number of hydrogen-bond acceptors (Lipinski definition) is 3. The molecule has 0 spiro atoms. The Morgan fingerprint density at radius 2 is 2.24 bits per heavy atom. The summed E-state index contributed by atoms with van der Waals surface area (Å²) in [7, 11) is 0. The molecule has 2 rings (SSSR count). The molecule has 112 valence electrons. The summed E-state index contributed by atoms with van der Waals surface area (Å²) >= 11 is 0. The van der Waals surface area contributed by atoms with Crippen LogP contribution in [0.25, 0.3) is 0 Å². The van der Waals surface area contributed by atoms with Crippen LogP contribution in [0.3, 0.4) is 0 Å². The first-order valence-corrected chi connectivity index (χ1v) is 7.63. The van der Waals surface area contributed by atoms with Gasteiger partial charge >= 0.3 is 0 Å². The largest absolute Gasteiger partial charge is 0.368 e. The van der Waals surface area contributed by atoms with Crippen LogP contribution in [-0.2, 0) is 9.53 Å². The second-order valence-electron chi connectivity index (χ2n) is 5.58. The van der Waals surface area contributed by atoms with Crippen molar-refractivity contribution in [3.05, 3.63) is 29.8 Å². The molecular weight excluding hydrogens is 264 g/mol. The summed E-state index contributed by atoms with van der Waals surface area (Å²) in [6, 6.07) is 9.05. The van der Waals surface area contributed by atoms with Gasteiger partial charge in [0.2, 0.25) is 5.91 Å². The van der Waals surface area contributed by atoms with Gasteiger partial charge in [0.25, 0.3) is 0 Å². The molecule has 1 aliphatic rings. The fourth-order valence-corrected chi connectivity index (χ4v) is 2.83. The molecule has 1 aromatic carbocycles. The molecule has 1 aliphatic carbocycles. The van der Waals surface area contributed by atoms with E-state index in [-0.39, 0.29) is 18.6 Å². The van der Waals surface area contributed by atoms with Crippen LogP contribution in [0.2, 0.25) is 0 Å². The van der Waals surface area contributed by atoms with Crippen LogP contribution in [0.5, 0.6) is 0 Å². The van der Waals surface area contributed by atoms with Crippen molar-refractivity contribution in [2.75, 3.05) is 11.9 Å². The molecule has 0 radical (unpaired) electrons. The Kier molecular flexibility index (Phi) is 5.77. The smallest absolute Gasteiger partial charge is 0.250 e. The molecule has 1 N–H and O–H groups in total. The van der Waals surface area contributed by atoms with Gasteiger partial charge in [0, 0.05) is 0 Å². The van der Waals surface area contributed by atoms with Crippen LogP contribution >= 0.6 is 0 Å². The zero-order valence-electron chi connectivity index (χ0n) is 12.5. The van der Waals surface area contributed by atoms with E-state index < -0.39 is 0 Å². The van der Waals surface area contributed by atoms with Crippen molar-refractivity contribution in [2.45, 2.75) is 45.1 Å². The van der Waals surface area contributed by atoms with Crippen molar-refractivity contribution in [1.82, 2.24) is 0 Å². The number of benzene rings is 1. The number of amides is 1. The second kappa shape index (κ2) is 7.80. The van der Waals surface area contributed by atoms with Gasteiger partial charge < -0.3 is 10.1 Å². The summed E-state index contributed by atoms with van der Waals surface area (Å²) in [6.45, 7) is 2.26. The number of hydrogen-bond donors (Lipinski definition) is 1. The zero-order valence-corrected chi connectivity index (χ0v) is 12.5. The van der Waals surface area contributed by atoms with Crippen molar-refractivity contribution in [2.24, 2.45) is 5.92 Å². The van der Waals surface area contributed by atoms with E-state index in [0.717, 1.165) is 18.8 Å². The highest BCUT2D eigenvalue weighted by Crippen LogP contribution is 2.28. The van der Waals surface area contributed by atoms with E-state index in [2.05, 4.69) is 18.3 Å². The Bertz CT molecular complexity index is 522. The number of para-hydroxylation sites is 1. The predicted octanol–water partition coefficient (Wildman–Crippen LogP) is 3.48. The molecule has 0 bridgehead atoms. The number of anilines is 1. The van der Waals surface area contributed by atoms with Gasteiger partial charge in [-0.15, -0.1) is 0 Å². The first kappa shape index (κ1) is 15.5. The normalized spacial score (nSPS) is 21.5. The summed E-state index contributed by atoms with van der Waals surface area (Å²) in [6.07, 6.45) is 5.93. The molecule has 0 aromatic heterocycles. The molecular formula is C17H22N2O2. The van der Waals surface area contributed by atoms with Crippen LogP contribution < -0.4 is 5.32 Å². The lowest BCUT2D eigenvalue weighted by Gasteiger charge is -2.28. The van der Waals surface area contributed by atoms with Gasteiger partial charge in [-0.3, -0.25) is 4.79 Å². The van der Waals surface area contributed by atoms with Crippen molar-refractivity contribution in [1.29, 1.82) is 5.26 Å². The Morgan fingerprint density at radius 3 is 3.00 bits per heavy atom. The number of carbonyl (C=O) groups is 1. The number of nitrogens with one attached hydrogen (secondary N) is 1. The topological polar surface area (TPSA) is 62.1 Å². The molecule has 4 heteroatoms. The first-order valence-electron chi connectivity index (χ1n) is 7.63. The molecule has 2 atom stereocenters. The molecule has 1 aromatic rings. The molecule has 2 unspecified atom stereocenters. The van der Waals surface area contributed by atoms with E-state index in [0.29, 0.717) is 11.3 Å². The standard InChI is InChI=1S/C17H22N2O2/c1-2-13-6-5-8-15(10-13)21-12-17(20)19-16-9-4-3-7-14(16)11-18/h3-4,7,9,13,15H,2,5-6,8,10,12H2,1H3,(H,19,20). The quantitative estimate of drug-likeness (QED) is 0.901. The summed E-state index contributed by atoms with van der Waals surface area (Å²) in [5.41, 5.74) is 1.01. The van der Waals surface area contributed by atoms with Crippen LogP contribution in [0, 0.1) is 17.2 Å². The number of nitriles is 1. The van der Waals surface area contributed by atoms with Crippen molar-refractivity contribution >= 4 is 11.6 Å². The number of carbonyl (C=O) groups excluding carboxylic acids is 1. The third-order valence-corrected chi connectivity index (χ3v) is 4.08. The molecule has 4 nitrogen and oxygen atoms in total. The van der Waals surface area contributed by atoms with Gasteiger partial charge in [0.05, 0.1) is 17.4 Å². The second-order valence-corrected chi connectivity index (χ2v) is 5.58. The lowest BCUT2D eigenvalue weighted by Crippen LogP contribution is -2.27. The molecule has 1 amide bonds. The van der Waals surface area contributed by atoms with Crippen molar-refractivity contribution in [3.63, 3.8) is 0 Å². The fraction of sp³-hybridized carbons (Fsp3) is 0.529. The lowest BCUT2D eigenvalue weighted by atomic mass is 9.85. The molecule has 0 heterocycles. The van der Waals surface area contributed by atoms with E-state index in [1.165, 1.54) is 19.3 Å². The van der Waals surface area contributed by atoms with E-state index in [1.807, 2.05) is 0 Å². The molecule has 0 saturated heterocycles. The van der Waals surface area contributed by atoms with Gasteiger partial charge in [0.1, 0.15) is 12.7 Å². The first-order chi connectivity index (χ1) is 10.2. The summed E-state index contributed by atoms with van der Waals surface area (Å²) in [5.74, 6) is 0.530. The number of nitrogens with zero attached hydrogens (tertiary/aromatic N) is 1. The Labute approximate surface area is 126 Å². The van der Waals surface area contributed by atoms with E-state index in [9.17, 15) is 4.79 Å². The summed E-state index contributed by atoms with van der Waals surface area (Å²) in [5, 5.41) is 11.7. The SMILES string of the molecule is CCC1CCCC(OCC(=O)Nc2ccccc2C#N)C1. The van der Waals surface area contributed by atoms with Gasteiger partial charge in [-0.1, -0.05) is 38.3 Å². The minimum Gasteiger partial charge on any atom is -0.368 e. The Hall–Kier alpha value is -1.86. The van der Waals surface area contributed by atoms with Crippen LogP contribution in [-0.4, -0.2) is 18.6 Å².